The van der Waals surface area contributed by atoms with Gasteiger partial charge in [-0.25, -0.2) is 0 Å². The SMILES string of the molecule is COc1cc(CN2CCC[C@H](CO)C2)cc2c1OCO2. The molecule has 1 aromatic rings. The maximum atomic E-state index is 9.30. The van der Waals surface area contributed by atoms with Crippen LogP contribution in [-0.4, -0.2) is 43.6 Å². The molecule has 1 atom stereocenters. The first-order valence-electron chi connectivity index (χ1n) is 7.10. The van der Waals surface area contributed by atoms with E-state index in [4.69, 9.17) is 14.2 Å². The number of likely N-dealkylation sites (tertiary alicyclic amines) is 1. The van der Waals surface area contributed by atoms with Gasteiger partial charge in [0.2, 0.25) is 12.5 Å². The summed E-state index contributed by atoms with van der Waals surface area (Å²) in [5.74, 6) is 2.59. The van der Waals surface area contributed by atoms with E-state index in [0.29, 0.717) is 11.7 Å². The van der Waals surface area contributed by atoms with Gasteiger partial charge >= 0.3 is 0 Å². The fourth-order valence-corrected chi connectivity index (χ4v) is 2.98. The van der Waals surface area contributed by atoms with Crippen molar-refractivity contribution in [2.45, 2.75) is 19.4 Å². The maximum Gasteiger partial charge on any atom is 0.231 e. The molecule has 0 bridgehead atoms. The average Bonchev–Trinajstić information content (AvgIpc) is 2.95. The van der Waals surface area contributed by atoms with Crippen molar-refractivity contribution in [2.24, 2.45) is 5.92 Å². The Bertz CT molecular complexity index is 477. The van der Waals surface area contributed by atoms with Gasteiger partial charge in [0.25, 0.3) is 0 Å². The lowest BCUT2D eigenvalue weighted by molar-refractivity contribution is 0.116. The Morgan fingerprint density at radius 2 is 2.30 bits per heavy atom. The van der Waals surface area contributed by atoms with Crippen molar-refractivity contribution in [3.63, 3.8) is 0 Å². The second kappa shape index (κ2) is 5.89. The third kappa shape index (κ3) is 2.69. The molecule has 0 spiro atoms. The summed E-state index contributed by atoms with van der Waals surface area (Å²) in [7, 11) is 1.64. The Kier molecular flexibility index (Phi) is 3.98. The van der Waals surface area contributed by atoms with Gasteiger partial charge in [-0.05, 0) is 43.0 Å². The molecule has 3 rings (SSSR count). The molecule has 0 radical (unpaired) electrons. The van der Waals surface area contributed by atoms with Gasteiger partial charge in [0.15, 0.2) is 11.5 Å². The van der Waals surface area contributed by atoms with E-state index in [9.17, 15) is 5.11 Å². The van der Waals surface area contributed by atoms with Crippen LogP contribution in [0.1, 0.15) is 18.4 Å². The van der Waals surface area contributed by atoms with Crippen LogP contribution in [0, 0.1) is 5.92 Å². The van der Waals surface area contributed by atoms with Crippen molar-refractivity contribution >= 4 is 0 Å². The fourth-order valence-electron chi connectivity index (χ4n) is 2.98. The Morgan fingerprint density at radius 1 is 1.40 bits per heavy atom. The van der Waals surface area contributed by atoms with Gasteiger partial charge < -0.3 is 19.3 Å². The largest absolute Gasteiger partial charge is 0.493 e. The van der Waals surface area contributed by atoms with E-state index < -0.39 is 0 Å². The molecule has 0 unspecified atom stereocenters. The number of hydrogen-bond acceptors (Lipinski definition) is 5. The number of rotatable bonds is 4. The Morgan fingerprint density at radius 3 is 3.10 bits per heavy atom. The maximum absolute atomic E-state index is 9.30. The summed E-state index contributed by atoms with van der Waals surface area (Å²) >= 11 is 0. The van der Waals surface area contributed by atoms with Gasteiger partial charge in [0.1, 0.15) is 0 Å². The zero-order valence-electron chi connectivity index (χ0n) is 11.8. The van der Waals surface area contributed by atoms with Gasteiger partial charge in [0.05, 0.1) is 7.11 Å². The summed E-state index contributed by atoms with van der Waals surface area (Å²) in [5, 5.41) is 9.30. The normalized spacial score (nSPS) is 22.0. The highest BCUT2D eigenvalue weighted by atomic mass is 16.7. The topological polar surface area (TPSA) is 51.2 Å². The van der Waals surface area contributed by atoms with E-state index in [-0.39, 0.29) is 13.4 Å². The Balaban J connectivity index is 1.74. The molecule has 5 heteroatoms. The van der Waals surface area contributed by atoms with Crippen LogP contribution in [0.25, 0.3) is 0 Å². The van der Waals surface area contributed by atoms with Crippen molar-refractivity contribution < 1.29 is 19.3 Å². The molecule has 2 aliphatic heterocycles. The van der Waals surface area contributed by atoms with Crippen molar-refractivity contribution in [3.05, 3.63) is 17.7 Å². The van der Waals surface area contributed by atoms with Gasteiger partial charge in [-0.2, -0.15) is 0 Å². The third-order valence-corrected chi connectivity index (χ3v) is 3.99. The number of piperidine rings is 1. The smallest absolute Gasteiger partial charge is 0.231 e. The summed E-state index contributed by atoms with van der Waals surface area (Å²) in [6.45, 7) is 3.41. The van der Waals surface area contributed by atoms with Gasteiger partial charge in [-0.3, -0.25) is 4.90 Å². The Hall–Kier alpha value is -1.46. The first-order valence-corrected chi connectivity index (χ1v) is 7.10. The number of ether oxygens (including phenoxy) is 3. The second-order valence-electron chi connectivity index (χ2n) is 5.46. The summed E-state index contributed by atoms with van der Waals surface area (Å²) in [6.07, 6.45) is 2.27. The zero-order chi connectivity index (χ0) is 13.9. The fraction of sp³-hybridized carbons (Fsp3) is 0.600. The first kappa shape index (κ1) is 13.5. The summed E-state index contributed by atoms with van der Waals surface area (Å²) in [6, 6.07) is 4.03. The minimum Gasteiger partial charge on any atom is -0.493 e. The highest BCUT2D eigenvalue weighted by molar-refractivity contribution is 5.55. The van der Waals surface area contributed by atoms with Gasteiger partial charge in [-0.15, -0.1) is 0 Å². The molecule has 1 fully saturated rings. The number of benzene rings is 1. The number of aliphatic hydroxyl groups excluding tert-OH is 1. The van der Waals surface area contributed by atoms with Crippen LogP contribution in [0.5, 0.6) is 17.2 Å². The molecule has 0 amide bonds. The molecule has 1 saturated heterocycles. The van der Waals surface area contributed by atoms with Crippen molar-refractivity contribution in [1.82, 2.24) is 4.90 Å². The summed E-state index contributed by atoms with van der Waals surface area (Å²) in [5.41, 5.74) is 1.16. The van der Waals surface area contributed by atoms with Crippen LogP contribution in [-0.2, 0) is 6.54 Å². The number of methoxy groups -OCH3 is 1. The standard InChI is InChI=1S/C15H21NO4/c1-18-13-5-12(6-14-15(13)20-10-19-14)8-16-4-2-3-11(7-16)9-17/h5-6,11,17H,2-4,7-10H2,1H3/t11-/m0/s1. The van der Waals surface area contributed by atoms with Crippen LogP contribution in [0.4, 0.5) is 0 Å². The zero-order valence-corrected chi connectivity index (χ0v) is 11.8. The van der Waals surface area contributed by atoms with E-state index in [1.54, 1.807) is 7.11 Å². The van der Waals surface area contributed by atoms with E-state index in [1.165, 1.54) is 0 Å². The summed E-state index contributed by atoms with van der Waals surface area (Å²) < 4.78 is 16.2. The third-order valence-electron chi connectivity index (χ3n) is 3.99. The monoisotopic (exact) mass is 279 g/mol. The Labute approximate surface area is 119 Å². The minimum atomic E-state index is 0.255. The molecular weight excluding hydrogens is 258 g/mol. The predicted molar refractivity (Wildman–Crippen MR) is 74.2 cm³/mol. The number of hydrogen-bond donors (Lipinski definition) is 1. The predicted octanol–water partition coefficient (Wildman–Crippen LogP) is 1.63. The molecule has 2 heterocycles. The molecule has 0 saturated carbocycles. The van der Waals surface area contributed by atoms with E-state index in [0.717, 1.165) is 49.5 Å². The number of aliphatic hydroxyl groups is 1. The summed E-state index contributed by atoms with van der Waals surface area (Å²) in [4.78, 5) is 2.38. The minimum absolute atomic E-state index is 0.255. The quantitative estimate of drug-likeness (QED) is 0.908. The van der Waals surface area contributed by atoms with Crippen molar-refractivity contribution in [2.75, 3.05) is 33.6 Å². The second-order valence-corrected chi connectivity index (χ2v) is 5.46. The van der Waals surface area contributed by atoms with Crippen molar-refractivity contribution in [1.29, 1.82) is 0 Å². The van der Waals surface area contributed by atoms with Crippen LogP contribution < -0.4 is 14.2 Å². The lowest BCUT2D eigenvalue weighted by Crippen LogP contribution is -2.36. The first-order chi connectivity index (χ1) is 9.80. The molecule has 5 nitrogen and oxygen atoms in total. The van der Waals surface area contributed by atoms with Crippen LogP contribution >= 0.6 is 0 Å². The molecule has 20 heavy (non-hydrogen) atoms. The average molecular weight is 279 g/mol. The van der Waals surface area contributed by atoms with Crippen LogP contribution in [0.3, 0.4) is 0 Å². The lowest BCUT2D eigenvalue weighted by Gasteiger charge is -2.31. The molecular formula is C15H21NO4. The molecule has 1 N–H and O–H groups in total. The molecule has 0 aliphatic carbocycles. The van der Waals surface area contributed by atoms with Crippen LogP contribution in [0.2, 0.25) is 0 Å². The molecule has 0 aromatic heterocycles. The molecule has 2 aliphatic rings. The molecule has 110 valence electrons. The number of nitrogens with zero attached hydrogens (tertiary/aromatic N) is 1. The highest BCUT2D eigenvalue weighted by Gasteiger charge is 2.23. The lowest BCUT2D eigenvalue weighted by atomic mass is 9.98. The van der Waals surface area contributed by atoms with Crippen molar-refractivity contribution in [3.8, 4) is 17.2 Å². The van der Waals surface area contributed by atoms with E-state index in [2.05, 4.69) is 4.90 Å². The highest BCUT2D eigenvalue weighted by Crippen LogP contribution is 2.42. The van der Waals surface area contributed by atoms with Gasteiger partial charge in [0, 0.05) is 19.7 Å². The molecule has 1 aromatic carbocycles. The van der Waals surface area contributed by atoms with Gasteiger partial charge in [-0.1, -0.05) is 0 Å². The van der Waals surface area contributed by atoms with E-state index in [1.807, 2.05) is 12.1 Å². The van der Waals surface area contributed by atoms with Crippen LogP contribution in [0.15, 0.2) is 12.1 Å². The van der Waals surface area contributed by atoms with E-state index >= 15 is 0 Å². The number of fused-ring (bicyclic) bond motifs is 1.